The van der Waals surface area contributed by atoms with E-state index in [0.717, 1.165) is 6.42 Å². The first kappa shape index (κ1) is 13.2. The summed E-state index contributed by atoms with van der Waals surface area (Å²) in [5.41, 5.74) is 5.60. The van der Waals surface area contributed by atoms with E-state index in [2.05, 4.69) is 20.4 Å². The zero-order chi connectivity index (χ0) is 11.2. The number of carbonyl (C=O) groups excluding carboxylic acids is 1. The van der Waals surface area contributed by atoms with Gasteiger partial charge in [0.1, 0.15) is 0 Å². The predicted octanol–water partition coefficient (Wildman–Crippen LogP) is 1.40. The van der Waals surface area contributed by atoms with Crippen LogP contribution in [0.3, 0.4) is 0 Å². The van der Waals surface area contributed by atoms with Crippen molar-refractivity contribution in [1.82, 2.24) is 4.90 Å². The molecule has 0 saturated carbocycles. The summed E-state index contributed by atoms with van der Waals surface area (Å²) >= 11 is 0. The van der Waals surface area contributed by atoms with Gasteiger partial charge in [-0.05, 0) is 18.4 Å². The van der Waals surface area contributed by atoms with E-state index in [1.807, 2.05) is 7.05 Å². The quantitative estimate of drug-likeness (QED) is 0.656. The van der Waals surface area contributed by atoms with E-state index in [9.17, 15) is 4.79 Å². The van der Waals surface area contributed by atoms with E-state index in [0.29, 0.717) is 19.5 Å². The Morgan fingerprint density at radius 3 is 2.57 bits per heavy atom. The van der Waals surface area contributed by atoms with Gasteiger partial charge in [-0.3, -0.25) is 4.79 Å². The van der Waals surface area contributed by atoms with Gasteiger partial charge >= 0.3 is 0 Å². The first-order chi connectivity index (χ1) is 6.43. The first-order valence-corrected chi connectivity index (χ1v) is 4.98. The lowest BCUT2D eigenvalue weighted by atomic mass is 9.93. The maximum atomic E-state index is 11.5. The van der Waals surface area contributed by atoms with E-state index in [-0.39, 0.29) is 11.3 Å². The fourth-order valence-electron chi connectivity index (χ4n) is 1.21. The number of nitrogens with two attached hydrogens (primary N) is 1. The van der Waals surface area contributed by atoms with Crippen molar-refractivity contribution in [2.75, 3.05) is 20.1 Å². The van der Waals surface area contributed by atoms with E-state index in [1.54, 1.807) is 11.0 Å². The number of amides is 1. The molecule has 3 nitrogen and oxygen atoms in total. The van der Waals surface area contributed by atoms with Crippen molar-refractivity contribution in [2.45, 2.75) is 26.7 Å². The van der Waals surface area contributed by atoms with Gasteiger partial charge < -0.3 is 10.6 Å². The highest BCUT2D eigenvalue weighted by Gasteiger charge is 2.20. The average molecular weight is 198 g/mol. The van der Waals surface area contributed by atoms with Gasteiger partial charge in [0.05, 0.1) is 0 Å². The van der Waals surface area contributed by atoms with Gasteiger partial charge in [0.15, 0.2) is 0 Å². The number of carbonyl (C=O) groups is 1. The molecule has 0 spiro atoms. The van der Waals surface area contributed by atoms with Gasteiger partial charge in [-0.2, -0.15) is 0 Å². The van der Waals surface area contributed by atoms with Gasteiger partial charge in [-0.15, -0.1) is 6.58 Å². The third-order valence-corrected chi connectivity index (χ3v) is 2.21. The summed E-state index contributed by atoms with van der Waals surface area (Å²) < 4.78 is 0. The molecule has 0 aliphatic rings. The molecular weight excluding hydrogens is 176 g/mol. The molecule has 0 atom stereocenters. The van der Waals surface area contributed by atoms with E-state index >= 15 is 0 Å². The summed E-state index contributed by atoms with van der Waals surface area (Å²) in [5.74, 6) is 0.159. The van der Waals surface area contributed by atoms with Crippen molar-refractivity contribution in [1.29, 1.82) is 0 Å². The minimum Gasteiger partial charge on any atom is -0.345 e. The fraction of sp³-hybridized carbons (Fsp3) is 0.727. The number of nitrogens with zero attached hydrogens (tertiary/aromatic N) is 1. The van der Waals surface area contributed by atoms with Crippen LogP contribution in [0.2, 0.25) is 0 Å². The Morgan fingerprint density at radius 1 is 1.57 bits per heavy atom. The lowest BCUT2D eigenvalue weighted by Crippen LogP contribution is -2.39. The summed E-state index contributed by atoms with van der Waals surface area (Å²) in [6.07, 6.45) is 3.05. The summed E-state index contributed by atoms with van der Waals surface area (Å²) in [6, 6.07) is 0. The Labute approximate surface area is 87.0 Å². The monoisotopic (exact) mass is 198 g/mol. The first-order valence-electron chi connectivity index (χ1n) is 4.98. The summed E-state index contributed by atoms with van der Waals surface area (Å²) in [6.45, 7) is 9.01. The van der Waals surface area contributed by atoms with Gasteiger partial charge in [0, 0.05) is 20.0 Å². The zero-order valence-corrected chi connectivity index (χ0v) is 9.55. The van der Waals surface area contributed by atoms with Gasteiger partial charge in [0.2, 0.25) is 5.91 Å². The summed E-state index contributed by atoms with van der Waals surface area (Å²) in [7, 11) is 1.82. The van der Waals surface area contributed by atoms with Crippen molar-refractivity contribution in [3.63, 3.8) is 0 Å². The van der Waals surface area contributed by atoms with Crippen molar-refractivity contribution in [3.8, 4) is 0 Å². The molecule has 3 heteroatoms. The zero-order valence-electron chi connectivity index (χ0n) is 9.55. The van der Waals surface area contributed by atoms with Crippen molar-refractivity contribution >= 4 is 5.91 Å². The highest BCUT2D eigenvalue weighted by Crippen LogP contribution is 2.14. The third-order valence-electron chi connectivity index (χ3n) is 2.21. The normalized spacial score (nSPS) is 11.1. The Kier molecular flexibility index (Phi) is 5.46. The molecule has 0 bridgehead atoms. The molecule has 0 aliphatic carbocycles. The molecule has 14 heavy (non-hydrogen) atoms. The molecule has 0 fully saturated rings. The lowest BCUT2D eigenvalue weighted by Gasteiger charge is -2.29. The minimum absolute atomic E-state index is 0.00140. The van der Waals surface area contributed by atoms with Crippen molar-refractivity contribution in [3.05, 3.63) is 12.7 Å². The molecular formula is C11H22N2O. The van der Waals surface area contributed by atoms with Crippen molar-refractivity contribution < 1.29 is 4.79 Å². The SMILES string of the molecule is C=CCCC(=O)N(C)CC(C)(C)CN. The Morgan fingerprint density at radius 2 is 2.14 bits per heavy atom. The number of allylic oxidation sites excluding steroid dienone is 1. The molecule has 0 unspecified atom stereocenters. The maximum Gasteiger partial charge on any atom is 0.222 e. The molecule has 0 saturated heterocycles. The molecule has 2 N–H and O–H groups in total. The summed E-state index contributed by atoms with van der Waals surface area (Å²) in [5, 5.41) is 0. The smallest absolute Gasteiger partial charge is 0.222 e. The van der Waals surface area contributed by atoms with Crippen LogP contribution in [-0.4, -0.2) is 30.9 Å². The predicted molar refractivity (Wildman–Crippen MR) is 59.9 cm³/mol. The van der Waals surface area contributed by atoms with Crippen LogP contribution in [0, 0.1) is 5.41 Å². The van der Waals surface area contributed by atoms with Gasteiger partial charge in [-0.1, -0.05) is 19.9 Å². The molecule has 82 valence electrons. The topological polar surface area (TPSA) is 46.3 Å². The minimum atomic E-state index is -0.00140. The van der Waals surface area contributed by atoms with Crippen LogP contribution in [-0.2, 0) is 4.79 Å². The highest BCUT2D eigenvalue weighted by molar-refractivity contribution is 5.76. The second-order valence-electron chi connectivity index (χ2n) is 4.45. The molecule has 0 aromatic heterocycles. The van der Waals surface area contributed by atoms with E-state index in [1.165, 1.54) is 0 Å². The molecule has 0 aromatic carbocycles. The Balaban J connectivity index is 4.00. The number of hydrogen-bond acceptors (Lipinski definition) is 2. The standard InChI is InChI=1S/C11H22N2O/c1-5-6-7-10(14)13(4)9-11(2,3)8-12/h5H,1,6-9,12H2,2-4H3. The maximum absolute atomic E-state index is 11.5. The number of hydrogen-bond donors (Lipinski definition) is 1. The largest absolute Gasteiger partial charge is 0.345 e. The molecule has 0 heterocycles. The molecule has 0 aliphatic heterocycles. The summed E-state index contributed by atoms with van der Waals surface area (Å²) in [4.78, 5) is 13.3. The van der Waals surface area contributed by atoms with Crippen LogP contribution < -0.4 is 5.73 Å². The molecule has 1 amide bonds. The Hall–Kier alpha value is -0.830. The second-order valence-corrected chi connectivity index (χ2v) is 4.45. The van der Waals surface area contributed by atoms with Crippen LogP contribution in [0.25, 0.3) is 0 Å². The number of rotatable bonds is 6. The van der Waals surface area contributed by atoms with Crippen LogP contribution in [0.5, 0.6) is 0 Å². The average Bonchev–Trinajstić information content (AvgIpc) is 2.13. The van der Waals surface area contributed by atoms with Crippen LogP contribution in [0.1, 0.15) is 26.7 Å². The van der Waals surface area contributed by atoms with Crippen LogP contribution >= 0.6 is 0 Å². The van der Waals surface area contributed by atoms with Gasteiger partial charge in [0.25, 0.3) is 0 Å². The highest BCUT2D eigenvalue weighted by atomic mass is 16.2. The van der Waals surface area contributed by atoms with E-state index in [4.69, 9.17) is 5.73 Å². The molecule has 0 rings (SSSR count). The van der Waals surface area contributed by atoms with Gasteiger partial charge in [-0.25, -0.2) is 0 Å². The van der Waals surface area contributed by atoms with Crippen molar-refractivity contribution in [2.24, 2.45) is 11.1 Å². The Bertz CT molecular complexity index is 199. The molecule has 0 radical (unpaired) electrons. The van der Waals surface area contributed by atoms with Crippen LogP contribution in [0.4, 0.5) is 0 Å². The lowest BCUT2D eigenvalue weighted by molar-refractivity contribution is -0.131. The third kappa shape index (κ3) is 5.02. The van der Waals surface area contributed by atoms with E-state index < -0.39 is 0 Å². The fourth-order valence-corrected chi connectivity index (χ4v) is 1.21. The second kappa shape index (κ2) is 5.81. The molecule has 0 aromatic rings. The van der Waals surface area contributed by atoms with Crippen LogP contribution in [0.15, 0.2) is 12.7 Å².